The van der Waals surface area contributed by atoms with Crippen molar-refractivity contribution in [1.29, 1.82) is 0 Å². The van der Waals surface area contributed by atoms with Crippen molar-refractivity contribution in [1.82, 2.24) is 9.78 Å². The Morgan fingerprint density at radius 2 is 2.00 bits per heavy atom. The third kappa shape index (κ3) is 2.35. The Bertz CT molecular complexity index is 570. The molecule has 0 aliphatic carbocycles. The lowest BCUT2D eigenvalue weighted by Crippen LogP contribution is -1.96. The van der Waals surface area contributed by atoms with Gasteiger partial charge in [0.1, 0.15) is 0 Å². The van der Waals surface area contributed by atoms with E-state index in [4.69, 9.17) is 0 Å². The van der Waals surface area contributed by atoms with Gasteiger partial charge in [0, 0.05) is 23.9 Å². The molecule has 1 aromatic carbocycles. The molecule has 94 valence electrons. The van der Waals surface area contributed by atoms with Crippen LogP contribution in [0, 0.1) is 6.92 Å². The number of carbonyl (C=O) groups excluding carboxylic acids is 1. The molecule has 0 unspecified atom stereocenters. The van der Waals surface area contributed by atoms with Crippen LogP contribution in [-0.2, 0) is 6.54 Å². The van der Waals surface area contributed by atoms with Crippen molar-refractivity contribution >= 4 is 5.78 Å². The van der Waals surface area contributed by atoms with E-state index in [-0.39, 0.29) is 5.78 Å². The molecule has 2 aromatic rings. The average molecular weight is 242 g/mol. The van der Waals surface area contributed by atoms with E-state index in [0.29, 0.717) is 0 Å². The summed E-state index contributed by atoms with van der Waals surface area (Å²) in [5, 5.41) is 4.48. The molecule has 0 spiro atoms. The zero-order valence-corrected chi connectivity index (χ0v) is 11.1. The minimum atomic E-state index is 0.0910. The highest BCUT2D eigenvalue weighted by molar-refractivity contribution is 6.00. The molecule has 1 heterocycles. The third-order valence-corrected chi connectivity index (χ3v) is 3.00. The highest BCUT2D eigenvalue weighted by Gasteiger charge is 2.13. The Morgan fingerprint density at radius 3 is 2.67 bits per heavy atom. The standard InChI is InChI=1S/C15H18N2O/c1-4-9-17-10-15(11(2)16-17)14-8-6-5-7-13(14)12(3)18/h5-8,10H,4,9H2,1-3H3. The number of rotatable bonds is 4. The number of Topliss-reactive ketones (excluding diaryl/α,β-unsaturated/α-hetero) is 1. The van der Waals surface area contributed by atoms with Gasteiger partial charge in [0.05, 0.1) is 5.69 Å². The van der Waals surface area contributed by atoms with Gasteiger partial charge in [-0.25, -0.2) is 0 Å². The molecule has 0 aliphatic heterocycles. The quantitative estimate of drug-likeness (QED) is 0.769. The van der Waals surface area contributed by atoms with E-state index in [9.17, 15) is 4.79 Å². The number of aryl methyl sites for hydroxylation is 2. The molecule has 3 nitrogen and oxygen atoms in total. The van der Waals surface area contributed by atoms with Crippen molar-refractivity contribution in [2.45, 2.75) is 33.7 Å². The highest BCUT2D eigenvalue weighted by Crippen LogP contribution is 2.26. The van der Waals surface area contributed by atoms with E-state index < -0.39 is 0 Å². The minimum Gasteiger partial charge on any atom is -0.294 e. The fourth-order valence-electron chi connectivity index (χ4n) is 2.15. The Kier molecular flexibility index (Phi) is 3.60. The number of aromatic nitrogens is 2. The second-order valence-corrected chi connectivity index (χ2v) is 4.49. The summed E-state index contributed by atoms with van der Waals surface area (Å²) in [5.74, 6) is 0.0910. The van der Waals surface area contributed by atoms with Crippen LogP contribution in [0.4, 0.5) is 0 Å². The molecule has 18 heavy (non-hydrogen) atoms. The number of hydrogen-bond acceptors (Lipinski definition) is 2. The molecule has 0 saturated heterocycles. The van der Waals surface area contributed by atoms with Crippen LogP contribution in [0.2, 0.25) is 0 Å². The molecular formula is C15H18N2O. The molecule has 0 amide bonds. The lowest BCUT2D eigenvalue weighted by Gasteiger charge is -2.05. The predicted octanol–water partition coefficient (Wildman–Crippen LogP) is 3.47. The van der Waals surface area contributed by atoms with Crippen LogP contribution >= 0.6 is 0 Å². The van der Waals surface area contributed by atoms with Crippen LogP contribution in [0.1, 0.15) is 36.3 Å². The highest BCUT2D eigenvalue weighted by atomic mass is 16.1. The summed E-state index contributed by atoms with van der Waals surface area (Å²) in [4.78, 5) is 11.7. The number of benzene rings is 1. The fraction of sp³-hybridized carbons (Fsp3) is 0.333. The summed E-state index contributed by atoms with van der Waals surface area (Å²) < 4.78 is 1.95. The van der Waals surface area contributed by atoms with Gasteiger partial charge in [0.15, 0.2) is 5.78 Å². The number of nitrogens with zero attached hydrogens (tertiary/aromatic N) is 2. The normalized spacial score (nSPS) is 10.6. The SMILES string of the molecule is CCCn1cc(-c2ccccc2C(C)=O)c(C)n1. The maximum absolute atomic E-state index is 11.7. The van der Waals surface area contributed by atoms with Crippen molar-refractivity contribution in [3.8, 4) is 11.1 Å². The molecule has 3 heteroatoms. The first kappa shape index (κ1) is 12.6. The molecule has 0 N–H and O–H groups in total. The van der Waals surface area contributed by atoms with Crippen molar-refractivity contribution < 1.29 is 4.79 Å². The smallest absolute Gasteiger partial charge is 0.160 e. The van der Waals surface area contributed by atoms with E-state index in [1.165, 1.54) is 0 Å². The Morgan fingerprint density at radius 1 is 1.28 bits per heavy atom. The zero-order valence-electron chi connectivity index (χ0n) is 11.1. The predicted molar refractivity (Wildman–Crippen MR) is 72.7 cm³/mol. The molecule has 0 radical (unpaired) electrons. The summed E-state index contributed by atoms with van der Waals surface area (Å²) in [6, 6.07) is 7.70. The Balaban J connectivity index is 2.51. The van der Waals surface area contributed by atoms with E-state index in [0.717, 1.165) is 35.3 Å². The molecule has 0 fully saturated rings. The largest absolute Gasteiger partial charge is 0.294 e. The van der Waals surface area contributed by atoms with Gasteiger partial charge in [-0.05, 0) is 25.8 Å². The van der Waals surface area contributed by atoms with Crippen LogP contribution < -0.4 is 0 Å². The summed E-state index contributed by atoms with van der Waals surface area (Å²) in [7, 11) is 0. The van der Waals surface area contributed by atoms with Gasteiger partial charge in [-0.15, -0.1) is 0 Å². The second-order valence-electron chi connectivity index (χ2n) is 4.49. The van der Waals surface area contributed by atoms with Crippen LogP contribution in [0.25, 0.3) is 11.1 Å². The molecule has 0 bridgehead atoms. The van der Waals surface area contributed by atoms with E-state index in [1.807, 2.05) is 42.1 Å². The lowest BCUT2D eigenvalue weighted by atomic mass is 9.98. The summed E-state index contributed by atoms with van der Waals surface area (Å²) >= 11 is 0. The number of hydrogen-bond donors (Lipinski definition) is 0. The average Bonchev–Trinajstić information content (AvgIpc) is 2.70. The molecule has 0 atom stereocenters. The van der Waals surface area contributed by atoms with Gasteiger partial charge in [-0.3, -0.25) is 9.48 Å². The van der Waals surface area contributed by atoms with Gasteiger partial charge in [-0.2, -0.15) is 5.10 Å². The lowest BCUT2D eigenvalue weighted by molar-refractivity contribution is 0.101. The van der Waals surface area contributed by atoms with E-state index in [1.54, 1.807) is 6.92 Å². The zero-order chi connectivity index (χ0) is 13.1. The first-order valence-corrected chi connectivity index (χ1v) is 6.28. The van der Waals surface area contributed by atoms with Gasteiger partial charge in [0.2, 0.25) is 0 Å². The molecular weight excluding hydrogens is 224 g/mol. The third-order valence-electron chi connectivity index (χ3n) is 3.00. The van der Waals surface area contributed by atoms with Gasteiger partial charge >= 0.3 is 0 Å². The van der Waals surface area contributed by atoms with Gasteiger partial charge in [-0.1, -0.05) is 31.2 Å². The topological polar surface area (TPSA) is 34.9 Å². The van der Waals surface area contributed by atoms with Crippen LogP contribution in [0.15, 0.2) is 30.5 Å². The maximum Gasteiger partial charge on any atom is 0.160 e. The fourth-order valence-corrected chi connectivity index (χ4v) is 2.15. The number of carbonyl (C=O) groups is 1. The molecule has 0 saturated carbocycles. The summed E-state index contributed by atoms with van der Waals surface area (Å²) in [6.07, 6.45) is 3.08. The van der Waals surface area contributed by atoms with Crippen molar-refractivity contribution in [3.63, 3.8) is 0 Å². The minimum absolute atomic E-state index is 0.0910. The van der Waals surface area contributed by atoms with Gasteiger partial charge < -0.3 is 0 Å². The molecule has 2 rings (SSSR count). The maximum atomic E-state index is 11.7. The van der Waals surface area contributed by atoms with Crippen LogP contribution in [0.5, 0.6) is 0 Å². The summed E-state index contributed by atoms with van der Waals surface area (Å²) in [5.41, 5.74) is 3.76. The summed E-state index contributed by atoms with van der Waals surface area (Å²) in [6.45, 7) is 6.62. The van der Waals surface area contributed by atoms with Crippen molar-refractivity contribution in [3.05, 3.63) is 41.7 Å². The first-order valence-electron chi connectivity index (χ1n) is 6.28. The van der Waals surface area contributed by atoms with E-state index >= 15 is 0 Å². The molecule has 1 aromatic heterocycles. The van der Waals surface area contributed by atoms with E-state index in [2.05, 4.69) is 12.0 Å². The van der Waals surface area contributed by atoms with Crippen molar-refractivity contribution in [2.75, 3.05) is 0 Å². The van der Waals surface area contributed by atoms with Crippen LogP contribution in [0.3, 0.4) is 0 Å². The first-order chi connectivity index (χ1) is 8.63. The Hall–Kier alpha value is -1.90. The molecule has 0 aliphatic rings. The second kappa shape index (κ2) is 5.17. The monoisotopic (exact) mass is 242 g/mol. The van der Waals surface area contributed by atoms with Gasteiger partial charge in [0.25, 0.3) is 0 Å². The van der Waals surface area contributed by atoms with Crippen molar-refractivity contribution in [2.24, 2.45) is 0 Å². The number of ketones is 1. The Labute approximate surface area is 107 Å². The van der Waals surface area contributed by atoms with Crippen LogP contribution in [-0.4, -0.2) is 15.6 Å².